The number of rotatable bonds is 3. The van der Waals surface area contributed by atoms with E-state index in [-0.39, 0.29) is 5.76 Å². The highest BCUT2D eigenvalue weighted by molar-refractivity contribution is 6.02. The molecule has 0 radical (unpaired) electrons. The minimum atomic E-state index is -0.894. The largest absolute Gasteiger partial charge is 0.433 e. The number of carbonyl (C=O) groups excluding carboxylic acids is 2. The van der Waals surface area contributed by atoms with Gasteiger partial charge in [-0.2, -0.15) is 0 Å². The first-order valence-corrected chi connectivity index (χ1v) is 6.68. The standard InChI is InChI=1S/C14H12N4O5/c1-8(19)16-17-13(11-6-7-12(23-11)18(21)22)15-10-5-3-2-4-9(10)14(17)20/h2-7,13,15H,1H3,(H,16,19)/t13-/m0/s1. The highest BCUT2D eigenvalue weighted by Crippen LogP contribution is 2.33. The molecule has 1 atom stereocenters. The van der Waals surface area contributed by atoms with Crippen LogP contribution < -0.4 is 10.7 Å². The average Bonchev–Trinajstić information content (AvgIpc) is 2.99. The zero-order chi connectivity index (χ0) is 16.6. The lowest BCUT2D eigenvalue weighted by Gasteiger charge is -2.35. The van der Waals surface area contributed by atoms with Crippen molar-refractivity contribution in [3.8, 4) is 0 Å². The molecule has 2 N–H and O–H groups in total. The van der Waals surface area contributed by atoms with E-state index in [1.165, 1.54) is 19.1 Å². The number of hydrogen-bond acceptors (Lipinski definition) is 6. The fourth-order valence-corrected chi connectivity index (χ4v) is 2.32. The van der Waals surface area contributed by atoms with Crippen LogP contribution in [-0.4, -0.2) is 21.7 Å². The van der Waals surface area contributed by atoms with Gasteiger partial charge < -0.3 is 9.73 Å². The fourth-order valence-electron chi connectivity index (χ4n) is 2.32. The molecule has 1 aromatic carbocycles. The van der Waals surface area contributed by atoms with Gasteiger partial charge in [0.15, 0.2) is 11.9 Å². The Morgan fingerprint density at radius 3 is 2.74 bits per heavy atom. The highest BCUT2D eigenvalue weighted by atomic mass is 16.6. The van der Waals surface area contributed by atoms with E-state index in [0.29, 0.717) is 11.3 Å². The second-order valence-corrected chi connectivity index (χ2v) is 4.87. The molecule has 1 aliphatic heterocycles. The second kappa shape index (κ2) is 5.44. The Labute approximate surface area is 130 Å². The predicted molar refractivity (Wildman–Crippen MR) is 78.2 cm³/mol. The summed E-state index contributed by atoms with van der Waals surface area (Å²) in [6, 6.07) is 9.32. The average molecular weight is 316 g/mol. The van der Waals surface area contributed by atoms with Gasteiger partial charge >= 0.3 is 5.88 Å². The third-order valence-corrected chi connectivity index (χ3v) is 3.27. The monoisotopic (exact) mass is 316 g/mol. The molecular weight excluding hydrogens is 304 g/mol. The van der Waals surface area contributed by atoms with Crippen LogP contribution in [-0.2, 0) is 4.79 Å². The molecule has 9 nitrogen and oxygen atoms in total. The molecule has 1 aliphatic rings. The number of hydrogen-bond donors (Lipinski definition) is 2. The fraction of sp³-hybridized carbons (Fsp3) is 0.143. The Morgan fingerprint density at radius 1 is 1.35 bits per heavy atom. The summed E-state index contributed by atoms with van der Waals surface area (Å²) in [4.78, 5) is 34.0. The van der Waals surface area contributed by atoms with Crippen LogP contribution in [0, 0.1) is 10.1 Å². The molecule has 2 amide bonds. The third kappa shape index (κ3) is 2.59. The van der Waals surface area contributed by atoms with Gasteiger partial charge in [0.25, 0.3) is 5.91 Å². The minimum absolute atomic E-state index is 0.133. The van der Waals surface area contributed by atoms with Crippen LogP contribution in [0.2, 0.25) is 0 Å². The van der Waals surface area contributed by atoms with E-state index < -0.39 is 28.8 Å². The van der Waals surface area contributed by atoms with Crippen LogP contribution in [0.15, 0.2) is 40.8 Å². The molecule has 2 heterocycles. The highest BCUT2D eigenvalue weighted by Gasteiger charge is 2.36. The topological polar surface area (TPSA) is 118 Å². The summed E-state index contributed by atoms with van der Waals surface area (Å²) >= 11 is 0. The summed E-state index contributed by atoms with van der Waals surface area (Å²) in [7, 11) is 0. The molecule has 3 rings (SSSR count). The maximum absolute atomic E-state index is 12.6. The van der Waals surface area contributed by atoms with Crippen LogP contribution in [0.1, 0.15) is 29.2 Å². The maximum atomic E-state index is 12.6. The lowest BCUT2D eigenvalue weighted by atomic mass is 10.1. The Kier molecular flexibility index (Phi) is 3.45. The van der Waals surface area contributed by atoms with E-state index in [9.17, 15) is 19.7 Å². The molecule has 118 valence electrons. The van der Waals surface area contributed by atoms with Crippen molar-refractivity contribution in [1.29, 1.82) is 0 Å². The number of anilines is 1. The summed E-state index contributed by atoms with van der Waals surface area (Å²) in [5.41, 5.74) is 3.33. The Bertz CT molecular complexity index is 800. The van der Waals surface area contributed by atoms with E-state index in [2.05, 4.69) is 10.7 Å². The molecule has 0 unspecified atom stereocenters. The number of nitro groups is 1. The smallest absolute Gasteiger partial charge is 0.401 e. The van der Waals surface area contributed by atoms with E-state index >= 15 is 0 Å². The molecule has 2 aromatic rings. The molecule has 1 aromatic heterocycles. The van der Waals surface area contributed by atoms with Crippen molar-refractivity contribution in [3.05, 3.63) is 57.8 Å². The van der Waals surface area contributed by atoms with Gasteiger partial charge in [0.1, 0.15) is 4.92 Å². The van der Waals surface area contributed by atoms with Crippen molar-refractivity contribution in [2.24, 2.45) is 0 Å². The van der Waals surface area contributed by atoms with Crippen molar-refractivity contribution in [1.82, 2.24) is 10.4 Å². The van der Waals surface area contributed by atoms with Crippen molar-refractivity contribution in [2.45, 2.75) is 13.1 Å². The Hall–Kier alpha value is -3.36. The molecule has 0 spiro atoms. The second-order valence-electron chi connectivity index (χ2n) is 4.87. The van der Waals surface area contributed by atoms with Gasteiger partial charge in [-0.05, 0) is 18.2 Å². The van der Waals surface area contributed by atoms with Crippen molar-refractivity contribution < 1.29 is 18.9 Å². The van der Waals surface area contributed by atoms with Crippen LogP contribution in [0.4, 0.5) is 11.6 Å². The summed E-state index contributed by atoms with van der Waals surface area (Å²) in [6.07, 6.45) is -0.894. The van der Waals surface area contributed by atoms with Crippen LogP contribution in [0.5, 0.6) is 0 Å². The van der Waals surface area contributed by atoms with Crippen LogP contribution in [0.25, 0.3) is 0 Å². The number of nitrogens with one attached hydrogen (secondary N) is 2. The third-order valence-electron chi connectivity index (χ3n) is 3.27. The normalized spacial score (nSPS) is 16.5. The summed E-state index contributed by atoms with van der Waals surface area (Å²) in [5, 5.41) is 14.8. The van der Waals surface area contributed by atoms with Gasteiger partial charge in [-0.1, -0.05) is 12.1 Å². The molecule has 0 saturated heterocycles. The Balaban J connectivity index is 2.03. The molecule has 0 aliphatic carbocycles. The summed E-state index contributed by atoms with van der Waals surface area (Å²) in [6.45, 7) is 1.26. The quantitative estimate of drug-likeness (QED) is 0.658. The molecule has 0 saturated carbocycles. The van der Waals surface area contributed by atoms with Gasteiger partial charge in [0.05, 0.1) is 11.6 Å². The van der Waals surface area contributed by atoms with Gasteiger partial charge in [-0.3, -0.25) is 25.1 Å². The van der Waals surface area contributed by atoms with Gasteiger partial charge in [0.2, 0.25) is 5.91 Å². The first-order chi connectivity index (χ1) is 11.0. The lowest BCUT2D eigenvalue weighted by Crippen LogP contribution is -2.52. The van der Waals surface area contributed by atoms with E-state index in [4.69, 9.17) is 4.42 Å². The van der Waals surface area contributed by atoms with Gasteiger partial charge in [-0.25, -0.2) is 5.01 Å². The summed E-state index contributed by atoms with van der Waals surface area (Å²) < 4.78 is 5.15. The number of benzene rings is 1. The van der Waals surface area contributed by atoms with Crippen molar-refractivity contribution in [3.63, 3.8) is 0 Å². The summed E-state index contributed by atoms with van der Waals surface area (Å²) in [5.74, 6) is -1.21. The van der Waals surface area contributed by atoms with E-state index in [1.807, 2.05) is 0 Å². The van der Waals surface area contributed by atoms with Crippen molar-refractivity contribution >= 4 is 23.4 Å². The zero-order valence-corrected chi connectivity index (χ0v) is 12.0. The predicted octanol–water partition coefficient (Wildman–Crippen LogP) is 1.81. The van der Waals surface area contributed by atoms with Crippen molar-refractivity contribution in [2.75, 3.05) is 5.32 Å². The van der Waals surface area contributed by atoms with Crippen LogP contribution in [0.3, 0.4) is 0 Å². The number of nitrogens with zero attached hydrogens (tertiary/aromatic N) is 2. The molecular formula is C14H12N4O5. The molecule has 9 heteroatoms. The molecule has 0 fully saturated rings. The first-order valence-electron chi connectivity index (χ1n) is 6.68. The molecule has 0 bridgehead atoms. The first kappa shape index (κ1) is 14.6. The van der Waals surface area contributed by atoms with Gasteiger partial charge in [0, 0.05) is 12.6 Å². The number of carbonyl (C=O) groups is 2. The number of furan rings is 1. The Morgan fingerprint density at radius 2 is 2.09 bits per heavy atom. The maximum Gasteiger partial charge on any atom is 0.433 e. The number of hydrazine groups is 1. The SMILES string of the molecule is CC(=O)NN1C(=O)c2ccccc2N[C@@H]1c1ccc([N+](=O)[O-])o1. The number of para-hydroxylation sites is 1. The molecule has 23 heavy (non-hydrogen) atoms. The van der Waals surface area contributed by atoms with E-state index in [0.717, 1.165) is 5.01 Å². The zero-order valence-electron chi connectivity index (χ0n) is 12.0. The number of amides is 2. The lowest BCUT2D eigenvalue weighted by molar-refractivity contribution is -0.402. The van der Waals surface area contributed by atoms with Gasteiger partial charge in [-0.15, -0.1) is 0 Å². The number of fused-ring (bicyclic) bond motifs is 1. The van der Waals surface area contributed by atoms with E-state index in [1.54, 1.807) is 24.3 Å². The van der Waals surface area contributed by atoms with Crippen LogP contribution >= 0.6 is 0 Å². The minimum Gasteiger partial charge on any atom is -0.401 e.